The largest absolute Gasteiger partial charge is 0.481 e. The molecule has 0 unspecified atom stereocenters. The fourth-order valence-corrected chi connectivity index (χ4v) is 8.53. The predicted octanol–water partition coefficient (Wildman–Crippen LogP) is 4.40. The van der Waals surface area contributed by atoms with Crippen LogP contribution in [0.1, 0.15) is 53.6 Å². The molecule has 2 aromatic heterocycles. The first kappa shape index (κ1) is 36.7. The van der Waals surface area contributed by atoms with Crippen LogP contribution in [0.25, 0.3) is 22.4 Å². The monoisotopic (exact) mass is 761 g/mol. The second-order valence-corrected chi connectivity index (χ2v) is 15.0. The van der Waals surface area contributed by atoms with Crippen molar-refractivity contribution in [3.63, 3.8) is 0 Å². The summed E-state index contributed by atoms with van der Waals surface area (Å²) >= 11 is 14.0. The average Bonchev–Trinajstić information content (AvgIpc) is 3.72. The summed E-state index contributed by atoms with van der Waals surface area (Å²) in [5.41, 5.74) is 3.13. The van der Waals surface area contributed by atoms with Crippen LogP contribution in [-0.4, -0.2) is 81.0 Å². The Hall–Kier alpha value is -4.69. The lowest BCUT2D eigenvalue weighted by Crippen LogP contribution is -2.59. The molecule has 2 aliphatic heterocycles. The molecule has 278 valence electrons. The molecular weight excluding hydrogens is 721 g/mol. The lowest BCUT2D eigenvalue weighted by atomic mass is 9.93. The molecule has 2 aromatic carbocycles. The molecule has 7 rings (SSSR count). The number of methoxy groups -OCH3 is 1. The number of carbonyl (C=O) groups is 2. The summed E-state index contributed by atoms with van der Waals surface area (Å²) in [5, 5.41) is 19.2. The van der Waals surface area contributed by atoms with Crippen molar-refractivity contribution in [3.05, 3.63) is 96.2 Å². The molecule has 1 spiro atoms. The quantitative estimate of drug-likeness (QED) is 0.195. The number of nitrogens with one attached hydrogen (secondary N) is 3. The maximum atomic E-state index is 13.4. The van der Waals surface area contributed by atoms with Gasteiger partial charge in [0.15, 0.2) is 0 Å². The van der Waals surface area contributed by atoms with E-state index < -0.39 is 23.3 Å². The number of nitrogens with zero attached hydrogens (tertiary/aromatic N) is 4. The van der Waals surface area contributed by atoms with Crippen molar-refractivity contribution in [1.29, 1.82) is 0 Å². The number of carbonyl (C=O) groups excluding carboxylic acids is 2. The van der Waals surface area contributed by atoms with Crippen LogP contribution in [0.2, 0.25) is 10.0 Å². The van der Waals surface area contributed by atoms with Crippen LogP contribution >= 0.6 is 23.2 Å². The Morgan fingerprint density at radius 3 is 2.58 bits per heavy atom. The van der Waals surface area contributed by atoms with Gasteiger partial charge in [-0.15, -0.1) is 0 Å². The van der Waals surface area contributed by atoms with Gasteiger partial charge >= 0.3 is 11.7 Å². The van der Waals surface area contributed by atoms with E-state index in [1.54, 1.807) is 25.3 Å². The number of amides is 3. The van der Waals surface area contributed by atoms with Crippen LogP contribution in [0.4, 0.5) is 10.5 Å². The molecule has 0 saturated carbocycles. The summed E-state index contributed by atoms with van der Waals surface area (Å²) in [6.45, 7) is 4.71. The third-order valence-electron chi connectivity index (χ3n) is 10.5. The molecule has 0 radical (unpaired) electrons. The number of halogens is 2. The van der Waals surface area contributed by atoms with Gasteiger partial charge in [-0.25, -0.2) is 14.6 Å². The van der Waals surface area contributed by atoms with Crippen LogP contribution in [-0.2, 0) is 20.0 Å². The SMILES string of the molecule is COc1nc(-c2cccc(-c3cccc(NC(=O)c4cn(C[C@@H](C)O)c(=O)n(C)c4=O)c3Cl)c2Cl)cc2c1[C@@H](CN1CC[C@@]3(CCNC(=O)N3)C1)CC2. The number of aromatic nitrogens is 3. The Balaban J connectivity index is 1.14. The number of fused-ring (bicyclic) bond motifs is 1. The zero-order chi connectivity index (χ0) is 37.6. The van der Waals surface area contributed by atoms with Crippen LogP contribution in [0.5, 0.6) is 5.88 Å². The molecule has 15 heteroatoms. The van der Waals surface area contributed by atoms with Crippen molar-refractivity contribution in [2.45, 2.75) is 56.7 Å². The standard InChI is InChI=1S/C38H41Cl2N7O6/c1-21(48)17-47-19-27(35(50)45(2)37(47)52)33(49)42-28-9-5-7-25(32(28)40)24-6-4-8-26(31(24)39)29-16-22-10-11-23(30(22)34(43-29)53-3)18-46-15-13-38(20-46)12-14-41-36(51)44-38/h4-9,16,19,21,23,48H,10-15,17-18,20H2,1-3H3,(H,42,49)(H2,41,44,51)/t21-,23-,38+/m1/s1. The summed E-state index contributed by atoms with van der Waals surface area (Å²) in [6, 6.07) is 12.7. The molecule has 4 N–H and O–H groups in total. The molecule has 1 aliphatic carbocycles. The van der Waals surface area contributed by atoms with E-state index in [4.69, 9.17) is 32.9 Å². The molecule has 2 saturated heterocycles. The Kier molecular flexibility index (Phi) is 10.1. The van der Waals surface area contributed by atoms with Gasteiger partial charge in [-0.05, 0) is 50.3 Å². The van der Waals surface area contributed by atoms with Gasteiger partial charge in [0.05, 0.1) is 46.7 Å². The molecule has 4 heterocycles. The van der Waals surface area contributed by atoms with Gasteiger partial charge in [0.25, 0.3) is 11.5 Å². The number of ether oxygens (including phenoxy) is 1. The summed E-state index contributed by atoms with van der Waals surface area (Å²) in [6.07, 6.45) is 3.95. The number of anilines is 1. The molecule has 0 bridgehead atoms. The summed E-state index contributed by atoms with van der Waals surface area (Å²) in [4.78, 5) is 58.2. The van der Waals surface area contributed by atoms with Crippen molar-refractivity contribution in [3.8, 4) is 28.3 Å². The second-order valence-electron chi connectivity index (χ2n) is 14.2. The minimum absolute atomic E-state index is 0.0907. The van der Waals surface area contributed by atoms with Crippen molar-refractivity contribution < 1.29 is 19.4 Å². The first-order valence-electron chi connectivity index (χ1n) is 17.6. The van der Waals surface area contributed by atoms with Crippen molar-refractivity contribution >= 4 is 40.8 Å². The number of urea groups is 1. The Morgan fingerprint density at radius 2 is 1.85 bits per heavy atom. The predicted molar refractivity (Wildman–Crippen MR) is 203 cm³/mol. The fourth-order valence-electron chi connectivity index (χ4n) is 7.93. The smallest absolute Gasteiger partial charge is 0.330 e. The number of hydrogen-bond acceptors (Lipinski definition) is 8. The van der Waals surface area contributed by atoms with Gasteiger partial charge in [0.1, 0.15) is 5.56 Å². The van der Waals surface area contributed by atoms with Crippen LogP contribution in [0, 0.1) is 0 Å². The molecule has 53 heavy (non-hydrogen) atoms. The fraction of sp³-hybridized carbons (Fsp3) is 0.395. The van der Waals surface area contributed by atoms with Crippen LogP contribution < -0.4 is 31.9 Å². The number of benzene rings is 2. The highest BCUT2D eigenvalue weighted by molar-refractivity contribution is 6.39. The Morgan fingerprint density at radius 1 is 1.11 bits per heavy atom. The minimum atomic E-state index is -0.877. The number of aliphatic hydroxyl groups excluding tert-OH is 1. The first-order chi connectivity index (χ1) is 25.4. The van der Waals surface area contributed by atoms with Gasteiger partial charge in [-0.1, -0.05) is 53.5 Å². The molecule has 3 amide bonds. The summed E-state index contributed by atoms with van der Waals surface area (Å²) in [7, 11) is 2.90. The maximum absolute atomic E-state index is 13.4. The number of hydrogen-bond donors (Lipinski definition) is 4. The van der Waals surface area contributed by atoms with E-state index >= 15 is 0 Å². The van der Waals surface area contributed by atoms with Crippen molar-refractivity contribution in [1.82, 2.24) is 29.7 Å². The third-order valence-corrected chi connectivity index (χ3v) is 11.3. The van der Waals surface area contributed by atoms with E-state index in [1.807, 2.05) is 18.2 Å². The topological polar surface area (TPSA) is 160 Å². The zero-order valence-corrected chi connectivity index (χ0v) is 31.2. The third kappa shape index (κ3) is 7.06. The number of likely N-dealkylation sites (tertiary alicyclic amines) is 1. The Bertz CT molecular complexity index is 2240. The summed E-state index contributed by atoms with van der Waals surface area (Å²) in [5.74, 6) is 0.0487. The number of aryl methyl sites for hydroxylation is 1. The molecule has 2 fully saturated rings. The molecule has 4 aromatic rings. The number of rotatable bonds is 9. The molecule has 3 atom stereocenters. The second kappa shape index (κ2) is 14.6. The average molecular weight is 763 g/mol. The summed E-state index contributed by atoms with van der Waals surface area (Å²) < 4.78 is 7.83. The maximum Gasteiger partial charge on any atom is 0.330 e. The van der Waals surface area contributed by atoms with E-state index in [0.29, 0.717) is 39.8 Å². The zero-order valence-electron chi connectivity index (χ0n) is 29.7. The highest BCUT2D eigenvalue weighted by Gasteiger charge is 2.42. The normalized spacial score (nSPS) is 20.2. The highest BCUT2D eigenvalue weighted by atomic mass is 35.5. The molecule has 13 nitrogen and oxygen atoms in total. The molecular formula is C38H41Cl2N7O6. The number of pyridine rings is 1. The Labute approximate surface area is 315 Å². The number of aliphatic hydroxyl groups is 1. The van der Waals surface area contributed by atoms with Crippen LogP contribution in [0.3, 0.4) is 0 Å². The van der Waals surface area contributed by atoms with E-state index in [1.165, 1.54) is 14.0 Å². The van der Waals surface area contributed by atoms with Crippen molar-refractivity contribution in [2.24, 2.45) is 7.05 Å². The van der Waals surface area contributed by atoms with Gasteiger partial charge in [0, 0.05) is 67.6 Å². The van der Waals surface area contributed by atoms with Crippen LogP contribution in [0.15, 0.2) is 58.3 Å². The van der Waals surface area contributed by atoms with Crippen molar-refractivity contribution in [2.75, 3.05) is 38.6 Å². The van der Waals surface area contributed by atoms with E-state index in [-0.39, 0.29) is 40.3 Å². The van der Waals surface area contributed by atoms with Gasteiger partial charge in [0.2, 0.25) is 5.88 Å². The van der Waals surface area contributed by atoms with E-state index in [2.05, 4.69) is 26.9 Å². The van der Waals surface area contributed by atoms with Gasteiger partial charge in [-0.2, -0.15) is 0 Å². The minimum Gasteiger partial charge on any atom is -0.481 e. The van der Waals surface area contributed by atoms with Gasteiger partial charge < -0.3 is 30.7 Å². The molecule has 3 aliphatic rings. The lowest BCUT2D eigenvalue weighted by molar-refractivity contribution is 0.102. The lowest BCUT2D eigenvalue weighted by Gasteiger charge is -2.35. The van der Waals surface area contributed by atoms with Gasteiger partial charge in [-0.3, -0.25) is 18.7 Å². The van der Waals surface area contributed by atoms with E-state index in [9.17, 15) is 24.3 Å². The highest BCUT2D eigenvalue weighted by Crippen LogP contribution is 2.45. The first-order valence-corrected chi connectivity index (χ1v) is 18.4. The van der Waals surface area contributed by atoms with E-state index in [0.717, 1.165) is 71.8 Å².